The van der Waals surface area contributed by atoms with Crippen LogP contribution in [0.5, 0.6) is 0 Å². The third-order valence-corrected chi connectivity index (χ3v) is 4.00. The van der Waals surface area contributed by atoms with E-state index in [1.807, 2.05) is 30.3 Å². The summed E-state index contributed by atoms with van der Waals surface area (Å²) in [5.74, 6) is -0.648. The molecule has 3 amide bonds. The molecule has 0 aromatic heterocycles. The molecule has 0 aliphatic carbocycles. The molecule has 0 bridgehead atoms. The molecule has 2 N–H and O–H groups in total. The van der Waals surface area contributed by atoms with Gasteiger partial charge in [0.15, 0.2) is 0 Å². The van der Waals surface area contributed by atoms with Crippen molar-refractivity contribution >= 4 is 29.5 Å². The van der Waals surface area contributed by atoms with Gasteiger partial charge in [-0.05, 0) is 29.3 Å². The Morgan fingerprint density at radius 3 is 2.21 bits per heavy atom. The van der Waals surface area contributed by atoms with E-state index in [4.69, 9.17) is 0 Å². The van der Waals surface area contributed by atoms with Crippen LogP contribution in [0.25, 0.3) is 6.08 Å². The number of anilines is 1. The molecule has 6 heteroatoms. The summed E-state index contributed by atoms with van der Waals surface area (Å²) in [4.78, 5) is 37.3. The van der Waals surface area contributed by atoms with Crippen LogP contribution in [-0.4, -0.2) is 42.8 Å². The summed E-state index contributed by atoms with van der Waals surface area (Å²) in [6, 6.07) is 16.0. The summed E-state index contributed by atoms with van der Waals surface area (Å²) in [5.41, 5.74) is 2.47. The maximum atomic E-state index is 12.4. The monoisotopic (exact) mass is 379 g/mol. The molecule has 1 unspecified atom stereocenters. The summed E-state index contributed by atoms with van der Waals surface area (Å²) >= 11 is 0. The van der Waals surface area contributed by atoms with E-state index in [0.717, 1.165) is 11.1 Å². The van der Waals surface area contributed by atoms with Crippen molar-refractivity contribution < 1.29 is 14.4 Å². The van der Waals surface area contributed by atoms with Crippen LogP contribution in [-0.2, 0) is 20.8 Å². The molecule has 0 heterocycles. The van der Waals surface area contributed by atoms with Crippen molar-refractivity contribution in [3.63, 3.8) is 0 Å². The lowest BCUT2D eigenvalue weighted by molar-refractivity contribution is -0.133. The van der Waals surface area contributed by atoms with E-state index in [1.165, 1.54) is 17.9 Å². The minimum atomic E-state index is -0.642. The van der Waals surface area contributed by atoms with Crippen molar-refractivity contribution in [2.45, 2.75) is 19.4 Å². The minimum absolute atomic E-state index is 0.141. The summed E-state index contributed by atoms with van der Waals surface area (Å²) < 4.78 is 0. The second-order valence-corrected chi connectivity index (χ2v) is 6.62. The molecular formula is C22H25N3O3. The normalized spacial score (nSPS) is 11.7. The topological polar surface area (TPSA) is 78.5 Å². The highest BCUT2D eigenvalue weighted by Gasteiger charge is 2.21. The fraction of sp³-hybridized carbons (Fsp3) is 0.227. The first-order chi connectivity index (χ1) is 13.3. The zero-order valence-corrected chi connectivity index (χ0v) is 16.3. The van der Waals surface area contributed by atoms with E-state index in [0.29, 0.717) is 12.1 Å². The van der Waals surface area contributed by atoms with Gasteiger partial charge in [-0.25, -0.2) is 0 Å². The second kappa shape index (κ2) is 10.1. The van der Waals surface area contributed by atoms with Gasteiger partial charge < -0.3 is 15.5 Å². The average Bonchev–Trinajstić information content (AvgIpc) is 2.66. The van der Waals surface area contributed by atoms with Crippen LogP contribution in [0.3, 0.4) is 0 Å². The van der Waals surface area contributed by atoms with Gasteiger partial charge in [0.05, 0.1) is 0 Å². The molecule has 0 saturated carbocycles. The summed E-state index contributed by atoms with van der Waals surface area (Å²) in [5, 5.41) is 5.47. The predicted octanol–water partition coefficient (Wildman–Crippen LogP) is 2.47. The molecular weight excluding hydrogens is 354 g/mol. The maximum absolute atomic E-state index is 12.4. The predicted molar refractivity (Wildman–Crippen MR) is 111 cm³/mol. The van der Waals surface area contributed by atoms with Crippen LogP contribution in [0, 0.1) is 0 Å². The van der Waals surface area contributed by atoms with Crippen molar-refractivity contribution in [1.29, 1.82) is 0 Å². The van der Waals surface area contributed by atoms with E-state index < -0.39 is 6.04 Å². The van der Waals surface area contributed by atoms with Crippen LogP contribution < -0.4 is 10.6 Å². The number of carbonyl (C=O) groups is 3. The lowest BCUT2D eigenvalue weighted by atomic mass is 10.0. The molecule has 2 rings (SSSR count). The van der Waals surface area contributed by atoms with Crippen LogP contribution >= 0.6 is 0 Å². The molecule has 0 radical (unpaired) electrons. The number of carbonyl (C=O) groups excluding carboxylic acids is 3. The number of benzene rings is 2. The van der Waals surface area contributed by atoms with Gasteiger partial charge in [-0.1, -0.05) is 42.5 Å². The van der Waals surface area contributed by atoms with Crippen LogP contribution in [0.1, 0.15) is 18.1 Å². The van der Waals surface area contributed by atoms with E-state index in [1.54, 1.807) is 44.4 Å². The Morgan fingerprint density at radius 2 is 1.64 bits per heavy atom. The van der Waals surface area contributed by atoms with Gasteiger partial charge in [0, 0.05) is 39.2 Å². The SMILES string of the molecule is CC(=O)Nc1ccc(C=CC(=O)NC(Cc2ccccc2)C(=O)N(C)C)cc1. The van der Waals surface area contributed by atoms with Crippen LogP contribution in [0.15, 0.2) is 60.7 Å². The lowest BCUT2D eigenvalue weighted by Crippen LogP contribution is -2.47. The van der Waals surface area contributed by atoms with Gasteiger partial charge in [-0.3, -0.25) is 14.4 Å². The molecule has 0 fully saturated rings. The Labute approximate surface area is 165 Å². The first-order valence-electron chi connectivity index (χ1n) is 8.96. The molecule has 0 aliphatic heterocycles. The lowest BCUT2D eigenvalue weighted by Gasteiger charge is -2.21. The quantitative estimate of drug-likeness (QED) is 0.726. The highest BCUT2D eigenvalue weighted by Crippen LogP contribution is 2.11. The Hall–Kier alpha value is -3.41. The fourth-order valence-electron chi connectivity index (χ4n) is 2.63. The first-order valence-corrected chi connectivity index (χ1v) is 8.96. The molecule has 2 aromatic carbocycles. The van der Waals surface area contributed by atoms with E-state index >= 15 is 0 Å². The molecule has 6 nitrogen and oxygen atoms in total. The highest BCUT2D eigenvalue weighted by molar-refractivity contribution is 5.95. The van der Waals surface area contributed by atoms with Crippen molar-refractivity contribution in [2.75, 3.05) is 19.4 Å². The molecule has 28 heavy (non-hydrogen) atoms. The van der Waals surface area contributed by atoms with Crippen molar-refractivity contribution in [1.82, 2.24) is 10.2 Å². The number of nitrogens with one attached hydrogen (secondary N) is 2. The highest BCUT2D eigenvalue weighted by atomic mass is 16.2. The number of hydrogen-bond donors (Lipinski definition) is 2. The maximum Gasteiger partial charge on any atom is 0.244 e. The van der Waals surface area contributed by atoms with E-state index in [2.05, 4.69) is 10.6 Å². The minimum Gasteiger partial charge on any atom is -0.347 e. The van der Waals surface area contributed by atoms with Crippen molar-refractivity contribution in [3.8, 4) is 0 Å². The molecule has 2 aromatic rings. The molecule has 1 atom stereocenters. The third kappa shape index (κ3) is 6.72. The summed E-state index contributed by atoms with van der Waals surface area (Å²) in [6.07, 6.45) is 3.48. The number of likely N-dealkylation sites (N-methyl/N-ethyl adjacent to an activating group) is 1. The van der Waals surface area contributed by atoms with Crippen molar-refractivity contribution in [2.24, 2.45) is 0 Å². The second-order valence-electron chi connectivity index (χ2n) is 6.62. The Bertz CT molecular complexity index is 843. The Balaban J connectivity index is 2.02. The summed E-state index contributed by atoms with van der Waals surface area (Å²) in [6.45, 7) is 1.44. The summed E-state index contributed by atoms with van der Waals surface area (Å²) in [7, 11) is 3.33. The number of amides is 3. The zero-order chi connectivity index (χ0) is 20.5. The van der Waals surface area contributed by atoms with Gasteiger partial charge in [-0.15, -0.1) is 0 Å². The smallest absolute Gasteiger partial charge is 0.244 e. The standard InChI is InChI=1S/C22H25N3O3/c1-16(26)23-19-12-9-17(10-13-19)11-14-21(27)24-20(22(28)25(2)3)15-18-7-5-4-6-8-18/h4-14,20H,15H2,1-3H3,(H,23,26)(H,24,27). The van der Waals surface area contributed by atoms with Gasteiger partial charge in [0.2, 0.25) is 17.7 Å². The third-order valence-electron chi connectivity index (χ3n) is 4.00. The van der Waals surface area contributed by atoms with Gasteiger partial charge in [0.1, 0.15) is 6.04 Å². The Kier molecular flexibility index (Phi) is 7.51. The number of rotatable bonds is 7. The average molecular weight is 379 g/mol. The molecule has 0 saturated heterocycles. The number of nitrogens with zero attached hydrogens (tertiary/aromatic N) is 1. The Morgan fingerprint density at radius 1 is 1.00 bits per heavy atom. The van der Waals surface area contributed by atoms with E-state index in [9.17, 15) is 14.4 Å². The van der Waals surface area contributed by atoms with Gasteiger partial charge in [-0.2, -0.15) is 0 Å². The van der Waals surface area contributed by atoms with Crippen molar-refractivity contribution in [3.05, 3.63) is 71.8 Å². The van der Waals surface area contributed by atoms with Gasteiger partial charge >= 0.3 is 0 Å². The van der Waals surface area contributed by atoms with Gasteiger partial charge in [0.25, 0.3) is 0 Å². The zero-order valence-electron chi connectivity index (χ0n) is 16.3. The largest absolute Gasteiger partial charge is 0.347 e. The molecule has 0 spiro atoms. The van der Waals surface area contributed by atoms with Crippen LogP contribution in [0.4, 0.5) is 5.69 Å². The molecule has 0 aliphatic rings. The molecule has 146 valence electrons. The number of hydrogen-bond acceptors (Lipinski definition) is 3. The fourth-order valence-corrected chi connectivity index (χ4v) is 2.63. The first kappa shape index (κ1) is 20.9. The van der Waals surface area contributed by atoms with Crippen LogP contribution in [0.2, 0.25) is 0 Å². The van der Waals surface area contributed by atoms with E-state index in [-0.39, 0.29) is 17.7 Å².